The van der Waals surface area contributed by atoms with Crippen LogP contribution in [0.4, 0.5) is 18.9 Å². The van der Waals surface area contributed by atoms with E-state index in [2.05, 4.69) is 5.32 Å². The molecule has 2 aliphatic rings. The highest BCUT2D eigenvalue weighted by Crippen LogP contribution is 2.39. The summed E-state index contributed by atoms with van der Waals surface area (Å²) >= 11 is 0. The fourth-order valence-electron chi connectivity index (χ4n) is 4.22. The maximum atomic E-state index is 13.2. The van der Waals surface area contributed by atoms with E-state index in [0.717, 1.165) is 44.2 Å². The number of halogens is 3. The molecule has 1 aliphatic heterocycles. The van der Waals surface area contributed by atoms with Gasteiger partial charge in [-0.25, -0.2) is 0 Å². The van der Waals surface area contributed by atoms with Crippen molar-refractivity contribution >= 4 is 22.6 Å². The lowest BCUT2D eigenvalue weighted by Gasteiger charge is -2.29. The topological polar surface area (TPSA) is 65.7 Å². The number of benzene rings is 1. The van der Waals surface area contributed by atoms with Crippen LogP contribution in [0.15, 0.2) is 22.6 Å². The summed E-state index contributed by atoms with van der Waals surface area (Å²) in [4.78, 5) is 14.3. The molecule has 2 aromatic rings. The van der Waals surface area contributed by atoms with Gasteiger partial charge in [-0.05, 0) is 56.2 Å². The van der Waals surface area contributed by atoms with Gasteiger partial charge in [0.25, 0.3) is 5.91 Å². The van der Waals surface area contributed by atoms with Crippen molar-refractivity contribution in [2.45, 2.75) is 44.4 Å². The minimum atomic E-state index is -4.46. The minimum Gasteiger partial charge on any atom is -0.449 e. The Hall–Kier alpha value is -2.22. The zero-order valence-electron chi connectivity index (χ0n) is 15.4. The molecule has 5 nitrogen and oxygen atoms in total. The Bertz CT molecular complexity index is 869. The van der Waals surface area contributed by atoms with Gasteiger partial charge in [0.1, 0.15) is 5.58 Å². The van der Waals surface area contributed by atoms with Crippen LogP contribution in [-0.4, -0.2) is 36.8 Å². The lowest BCUT2D eigenvalue weighted by molar-refractivity contribution is -0.137. The van der Waals surface area contributed by atoms with Gasteiger partial charge in [-0.1, -0.05) is 0 Å². The van der Waals surface area contributed by atoms with Gasteiger partial charge in [-0.3, -0.25) is 4.79 Å². The summed E-state index contributed by atoms with van der Waals surface area (Å²) < 4.78 is 45.2. The van der Waals surface area contributed by atoms with Crippen LogP contribution in [0.25, 0.3) is 11.0 Å². The summed E-state index contributed by atoms with van der Waals surface area (Å²) in [5, 5.41) is 12.7. The molecule has 0 radical (unpaired) electrons. The molecule has 8 heteroatoms. The largest absolute Gasteiger partial charge is 0.449 e. The van der Waals surface area contributed by atoms with E-state index in [1.807, 2.05) is 4.90 Å². The molecule has 152 valence electrons. The first kappa shape index (κ1) is 19.1. The van der Waals surface area contributed by atoms with Crippen LogP contribution in [-0.2, 0) is 6.18 Å². The molecule has 28 heavy (non-hydrogen) atoms. The molecule has 1 fully saturated rings. The zero-order chi connectivity index (χ0) is 19.9. The van der Waals surface area contributed by atoms with E-state index in [1.54, 1.807) is 0 Å². The maximum absolute atomic E-state index is 13.2. The molecule has 1 saturated carbocycles. The molecule has 2 heterocycles. The van der Waals surface area contributed by atoms with Gasteiger partial charge < -0.3 is 19.7 Å². The van der Waals surface area contributed by atoms with Crippen LogP contribution in [0.2, 0.25) is 0 Å². The number of anilines is 1. The Morgan fingerprint density at radius 1 is 1.21 bits per heavy atom. The van der Waals surface area contributed by atoms with Gasteiger partial charge in [-0.15, -0.1) is 0 Å². The summed E-state index contributed by atoms with van der Waals surface area (Å²) in [6, 6.07) is 3.32. The van der Waals surface area contributed by atoms with Crippen LogP contribution in [0.1, 0.15) is 48.2 Å². The quantitative estimate of drug-likeness (QED) is 0.825. The predicted molar refractivity (Wildman–Crippen MR) is 98.3 cm³/mol. The summed E-state index contributed by atoms with van der Waals surface area (Å²) in [6.07, 6.45) is -0.335. The Kier molecular flexibility index (Phi) is 4.99. The fourth-order valence-corrected chi connectivity index (χ4v) is 4.22. The Morgan fingerprint density at radius 3 is 2.68 bits per heavy atom. The second-order valence-electron chi connectivity index (χ2n) is 7.69. The molecule has 0 atom stereocenters. The van der Waals surface area contributed by atoms with Crippen molar-refractivity contribution in [2.75, 3.05) is 24.5 Å². The highest BCUT2D eigenvalue weighted by Gasteiger charge is 2.34. The van der Waals surface area contributed by atoms with Gasteiger partial charge in [0.05, 0.1) is 17.4 Å². The number of hydrogen-bond acceptors (Lipinski definition) is 4. The molecule has 0 bridgehead atoms. The number of nitrogens with one attached hydrogen (secondary N) is 1. The zero-order valence-corrected chi connectivity index (χ0v) is 15.4. The standard InChI is InChI=1S/C20H23F3N2O3/c21-20(22,23)13-3-6-16-15(11-13)17-18(28-16)19(27)24-8-10-25(17)9-7-12-1-4-14(26)5-2-12/h3,6,11-12,14,26H,1-2,4-5,7-10H2,(H,24,27). The number of hydrogen-bond donors (Lipinski definition) is 2. The van der Waals surface area contributed by atoms with E-state index in [9.17, 15) is 23.1 Å². The molecule has 4 rings (SSSR count). The third-order valence-corrected chi connectivity index (χ3v) is 5.80. The van der Waals surface area contributed by atoms with Crippen LogP contribution in [0.3, 0.4) is 0 Å². The number of carbonyl (C=O) groups is 1. The van der Waals surface area contributed by atoms with Crippen molar-refractivity contribution in [3.05, 3.63) is 29.5 Å². The van der Waals surface area contributed by atoms with Crippen molar-refractivity contribution in [1.82, 2.24) is 5.32 Å². The van der Waals surface area contributed by atoms with Gasteiger partial charge in [-0.2, -0.15) is 13.2 Å². The van der Waals surface area contributed by atoms with E-state index in [0.29, 0.717) is 36.6 Å². The Morgan fingerprint density at radius 2 is 1.96 bits per heavy atom. The van der Waals surface area contributed by atoms with Crippen molar-refractivity contribution in [3.63, 3.8) is 0 Å². The summed E-state index contributed by atoms with van der Waals surface area (Å²) in [5.74, 6) is 0.150. The molecule has 0 spiro atoms. The SMILES string of the molecule is O=C1NCCN(CCC2CCC(O)CC2)c2c1oc1ccc(C(F)(F)F)cc21. The second-order valence-corrected chi connectivity index (χ2v) is 7.69. The fraction of sp³-hybridized carbons (Fsp3) is 0.550. The number of furan rings is 1. The monoisotopic (exact) mass is 396 g/mol. The number of aliphatic hydroxyl groups excluding tert-OH is 1. The van der Waals surface area contributed by atoms with E-state index >= 15 is 0 Å². The van der Waals surface area contributed by atoms with Gasteiger partial charge in [0.2, 0.25) is 5.76 Å². The Balaban J connectivity index is 1.65. The first-order valence-corrected chi connectivity index (χ1v) is 9.68. The predicted octanol–water partition coefficient (Wildman–Crippen LogP) is 3.94. The third kappa shape index (κ3) is 3.70. The second kappa shape index (κ2) is 7.31. The average Bonchev–Trinajstić information content (AvgIpc) is 2.96. The summed E-state index contributed by atoms with van der Waals surface area (Å²) in [5.41, 5.74) is -0.0257. The molecule has 0 saturated heterocycles. The summed E-state index contributed by atoms with van der Waals surface area (Å²) in [6.45, 7) is 1.55. The van der Waals surface area contributed by atoms with E-state index < -0.39 is 17.6 Å². The van der Waals surface area contributed by atoms with Crippen LogP contribution in [0, 0.1) is 5.92 Å². The lowest BCUT2D eigenvalue weighted by Crippen LogP contribution is -2.32. The molecule has 2 N–H and O–H groups in total. The van der Waals surface area contributed by atoms with Crippen LogP contribution >= 0.6 is 0 Å². The minimum absolute atomic E-state index is 0.0749. The lowest BCUT2D eigenvalue weighted by atomic mass is 9.85. The van der Waals surface area contributed by atoms with Crippen molar-refractivity contribution in [3.8, 4) is 0 Å². The number of nitrogens with zero attached hydrogens (tertiary/aromatic N) is 1. The van der Waals surface area contributed by atoms with E-state index in [4.69, 9.17) is 4.42 Å². The van der Waals surface area contributed by atoms with Crippen molar-refractivity contribution < 1.29 is 27.5 Å². The molecular formula is C20H23F3N2O3. The van der Waals surface area contributed by atoms with E-state index in [1.165, 1.54) is 6.07 Å². The molecule has 0 unspecified atom stereocenters. The van der Waals surface area contributed by atoms with Crippen molar-refractivity contribution in [1.29, 1.82) is 0 Å². The number of carbonyl (C=O) groups excluding carboxylic acids is 1. The molecule has 1 aliphatic carbocycles. The number of amides is 1. The highest BCUT2D eigenvalue weighted by molar-refractivity contribution is 6.07. The van der Waals surface area contributed by atoms with Gasteiger partial charge in [0, 0.05) is 25.0 Å². The van der Waals surface area contributed by atoms with Crippen LogP contribution < -0.4 is 10.2 Å². The smallest absolute Gasteiger partial charge is 0.416 e. The number of rotatable bonds is 3. The number of aliphatic hydroxyl groups is 1. The molecule has 1 aromatic heterocycles. The maximum Gasteiger partial charge on any atom is 0.416 e. The third-order valence-electron chi connectivity index (χ3n) is 5.80. The Labute approximate surface area is 160 Å². The van der Waals surface area contributed by atoms with E-state index in [-0.39, 0.29) is 17.4 Å². The number of fused-ring (bicyclic) bond motifs is 3. The molecule has 1 aromatic carbocycles. The molecular weight excluding hydrogens is 373 g/mol. The van der Waals surface area contributed by atoms with Crippen LogP contribution in [0.5, 0.6) is 0 Å². The normalized spacial score (nSPS) is 23.4. The van der Waals surface area contributed by atoms with Gasteiger partial charge in [0.15, 0.2) is 0 Å². The van der Waals surface area contributed by atoms with Gasteiger partial charge >= 0.3 is 6.18 Å². The average molecular weight is 396 g/mol. The highest BCUT2D eigenvalue weighted by atomic mass is 19.4. The molecule has 1 amide bonds. The first-order valence-electron chi connectivity index (χ1n) is 9.68. The van der Waals surface area contributed by atoms with Crippen molar-refractivity contribution in [2.24, 2.45) is 5.92 Å². The first-order chi connectivity index (χ1) is 13.3. The number of alkyl halides is 3. The summed E-state index contributed by atoms with van der Waals surface area (Å²) in [7, 11) is 0.